The van der Waals surface area contributed by atoms with Crippen molar-refractivity contribution in [1.29, 1.82) is 0 Å². The van der Waals surface area contributed by atoms with Gasteiger partial charge in [0.25, 0.3) is 0 Å². The van der Waals surface area contributed by atoms with Crippen LogP contribution in [0.3, 0.4) is 0 Å². The summed E-state index contributed by atoms with van der Waals surface area (Å²) in [6.45, 7) is 2.22. The molecule has 0 fully saturated rings. The number of fused-ring (bicyclic) bond motifs is 1. The molecule has 15 heavy (non-hydrogen) atoms. The molecule has 79 valence electrons. The van der Waals surface area contributed by atoms with Crippen molar-refractivity contribution in [3.05, 3.63) is 47.4 Å². The quantitative estimate of drug-likeness (QED) is 0.500. The maximum atomic E-state index is 3.26. The van der Waals surface area contributed by atoms with Crippen LogP contribution in [0.25, 0.3) is 6.08 Å². The van der Waals surface area contributed by atoms with Gasteiger partial charge in [0.2, 0.25) is 0 Å². The van der Waals surface area contributed by atoms with Crippen LogP contribution in [-0.2, 0) is 18.2 Å². The van der Waals surface area contributed by atoms with Gasteiger partial charge in [-0.2, -0.15) is 0 Å². The Morgan fingerprint density at radius 1 is 1.13 bits per heavy atom. The first-order valence-electron chi connectivity index (χ1n) is 4.93. The van der Waals surface area contributed by atoms with Crippen molar-refractivity contribution in [1.82, 2.24) is 0 Å². The summed E-state index contributed by atoms with van der Waals surface area (Å²) in [5.74, 6) is 1.49. The summed E-state index contributed by atoms with van der Waals surface area (Å²) >= 11 is 6.22. The molecule has 0 aliphatic heterocycles. The Bertz CT molecular complexity index is 323. The molecular weight excluding hydrogens is 482 g/mol. The molecule has 0 saturated carbocycles. The fourth-order valence-electron chi connectivity index (χ4n) is 1.70. The molecule has 0 N–H and O–H groups in total. The van der Waals surface area contributed by atoms with E-state index in [0.29, 0.717) is 0 Å². The Labute approximate surface area is 115 Å². The first kappa shape index (κ1) is 13.9. The SMILES string of the molecule is CCC[C]1C=Cc2ccccc21.[Br][Hf][Br]. The number of hydrogen-bond donors (Lipinski definition) is 0. The van der Waals surface area contributed by atoms with E-state index < -0.39 is 0 Å². The maximum absolute atomic E-state index is 3.26. The molecule has 2 rings (SSSR count). The molecule has 0 heterocycles. The summed E-state index contributed by atoms with van der Waals surface area (Å²) in [7, 11) is 0. The van der Waals surface area contributed by atoms with E-state index in [0.717, 1.165) is 0 Å². The van der Waals surface area contributed by atoms with Crippen molar-refractivity contribution < 1.29 is 18.2 Å². The molecule has 0 saturated heterocycles. The first-order valence-corrected chi connectivity index (χ1v) is 20.6. The third-order valence-electron chi connectivity index (χ3n) is 2.29. The molecule has 0 spiro atoms. The minimum atomic E-state index is -0.292. The van der Waals surface area contributed by atoms with Crippen LogP contribution in [0.5, 0.6) is 0 Å². The topological polar surface area (TPSA) is 0 Å². The van der Waals surface area contributed by atoms with Gasteiger partial charge in [0, 0.05) is 5.92 Å². The van der Waals surface area contributed by atoms with Gasteiger partial charge in [0.1, 0.15) is 0 Å². The van der Waals surface area contributed by atoms with Gasteiger partial charge >= 0.3 is 42.8 Å². The summed E-state index contributed by atoms with van der Waals surface area (Å²) in [4.78, 5) is 0. The summed E-state index contributed by atoms with van der Waals surface area (Å²) in [6.07, 6.45) is 6.88. The molecule has 0 unspecified atom stereocenters. The van der Waals surface area contributed by atoms with Gasteiger partial charge in [-0.1, -0.05) is 49.8 Å². The Kier molecular flexibility index (Phi) is 7.36. The molecule has 1 aliphatic carbocycles. The van der Waals surface area contributed by atoms with E-state index in [1.165, 1.54) is 29.9 Å². The molecule has 0 aromatic heterocycles. The average Bonchev–Trinajstić information content (AvgIpc) is 2.64. The fraction of sp³-hybridized carbons (Fsp3) is 0.250. The number of hydrogen-bond acceptors (Lipinski definition) is 0. The molecule has 1 radical (unpaired) electrons. The zero-order chi connectivity index (χ0) is 11.1. The second-order valence-electron chi connectivity index (χ2n) is 3.27. The van der Waals surface area contributed by atoms with E-state index in [1.807, 2.05) is 0 Å². The Morgan fingerprint density at radius 3 is 2.47 bits per heavy atom. The van der Waals surface area contributed by atoms with Crippen molar-refractivity contribution >= 4 is 30.7 Å². The van der Waals surface area contributed by atoms with Crippen LogP contribution in [-0.4, -0.2) is 0 Å². The van der Waals surface area contributed by atoms with Crippen LogP contribution in [0.15, 0.2) is 30.3 Å². The van der Waals surface area contributed by atoms with E-state index >= 15 is 0 Å². The van der Waals surface area contributed by atoms with Crippen LogP contribution in [0.1, 0.15) is 30.9 Å². The molecule has 3 heteroatoms. The van der Waals surface area contributed by atoms with Crippen molar-refractivity contribution in [2.24, 2.45) is 0 Å². The Morgan fingerprint density at radius 2 is 1.80 bits per heavy atom. The fourth-order valence-corrected chi connectivity index (χ4v) is 1.70. The van der Waals surface area contributed by atoms with E-state index in [2.05, 4.69) is 67.9 Å². The predicted octanol–water partition coefficient (Wildman–Crippen LogP) is 5.12. The van der Waals surface area contributed by atoms with Gasteiger partial charge < -0.3 is 0 Å². The number of allylic oxidation sites excluding steroid dienone is 1. The number of benzene rings is 1. The molecule has 1 aromatic rings. The molecular formula is C12H13Br2Hf. The van der Waals surface area contributed by atoms with Crippen LogP contribution in [0, 0.1) is 5.92 Å². The van der Waals surface area contributed by atoms with Gasteiger partial charge in [-0.15, -0.1) is 0 Å². The zero-order valence-corrected chi connectivity index (χ0v) is 15.4. The average molecular weight is 496 g/mol. The molecule has 1 aromatic carbocycles. The molecule has 1 aliphatic rings. The van der Waals surface area contributed by atoms with Crippen LogP contribution >= 0.6 is 24.6 Å². The summed E-state index contributed by atoms with van der Waals surface area (Å²) in [5.41, 5.74) is 2.81. The zero-order valence-electron chi connectivity index (χ0n) is 8.63. The van der Waals surface area contributed by atoms with Crippen molar-refractivity contribution in [3.8, 4) is 0 Å². The Hall–Kier alpha value is 0.790. The third-order valence-corrected chi connectivity index (χ3v) is 2.29. The normalized spacial score (nSPS) is 13.0. The van der Waals surface area contributed by atoms with Gasteiger partial charge in [-0.05, 0) is 17.5 Å². The molecule has 0 atom stereocenters. The molecule has 0 bridgehead atoms. The van der Waals surface area contributed by atoms with Crippen LogP contribution < -0.4 is 0 Å². The first-order chi connectivity index (χ1) is 7.33. The summed E-state index contributed by atoms with van der Waals surface area (Å²) in [5, 5.41) is 0. The van der Waals surface area contributed by atoms with Gasteiger partial charge in [0.05, 0.1) is 0 Å². The van der Waals surface area contributed by atoms with E-state index in [9.17, 15) is 0 Å². The van der Waals surface area contributed by atoms with Crippen LogP contribution in [0.2, 0.25) is 0 Å². The van der Waals surface area contributed by atoms with Gasteiger partial charge in [0.15, 0.2) is 0 Å². The third kappa shape index (κ3) is 4.27. The van der Waals surface area contributed by atoms with E-state index in [1.54, 1.807) is 0 Å². The molecule has 0 amide bonds. The minimum absolute atomic E-state index is 0.292. The molecule has 0 nitrogen and oxygen atoms in total. The second kappa shape index (κ2) is 7.97. The van der Waals surface area contributed by atoms with E-state index in [4.69, 9.17) is 0 Å². The van der Waals surface area contributed by atoms with Crippen molar-refractivity contribution in [2.45, 2.75) is 19.8 Å². The number of rotatable bonds is 2. The summed E-state index contributed by atoms with van der Waals surface area (Å²) in [6, 6.07) is 8.59. The predicted molar refractivity (Wildman–Crippen MR) is 70.6 cm³/mol. The van der Waals surface area contributed by atoms with E-state index in [-0.39, 0.29) is 18.2 Å². The van der Waals surface area contributed by atoms with Crippen molar-refractivity contribution in [2.75, 3.05) is 0 Å². The van der Waals surface area contributed by atoms with Gasteiger partial charge in [-0.3, -0.25) is 0 Å². The summed E-state index contributed by atoms with van der Waals surface area (Å²) < 4.78 is 0. The van der Waals surface area contributed by atoms with Crippen molar-refractivity contribution in [3.63, 3.8) is 0 Å². The number of halogens is 2. The standard InChI is InChI=1S/C12H13.2BrH.Hf/c1-2-5-10-8-9-11-6-3-4-7-12(10)11;;;/h3-4,6-9H,2,5H2,1H3;2*1H;/q;;;+2/p-2. The Balaban J connectivity index is 0.000000337. The monoisotopic (exact) mass is 495 g/mol. The van der Waals surface area contributed by atoms with Crippen LogP contribution in [0.4, 0.5) is 0 Å². The van der Waals surface area contributed by atoms with Gasteiger partial charge in [-0.25, -0.2) is 0 Å². The second-order valence-corrected chi connectivity index (χ2v) is 19.0.